The first-order valence-electron chi connectivity index (χ1n) is 5.37. The zero-order valence-electron chi connectivity index (χ0n) is 10.0. The van der Waals surface area contributed by atoms with Crippen LogP contribution >= 0.6 is 23.4 Å². The molecule has 1 N–H and O–H groups in total. The van der Waals surface area contributed by atoms with E-state index in [1.54, 1.807) is 0 Å². The zero-order chi connectivity index (χ0) is 15.6. The van der Waals surface area contributed by atoms with Crippen LogP contribution in [0.5, 0.6) is 0 Å². The van der Waals surface area contributed by atoms with E-state index in [0.29, 0.717) is 6.07 Å². The van der Waals surface area contributed by atoms with E-state index in [4.69, 9.17) is 11.6 Å². The highest BCUT2D eigenvalue weighted by Gasteiger charge is 2.35. The van der Waals surface area contributed by atoms with Crippen LogP contribution in [-0.4, -0.2) is 23.0 Å². The first kappa shape index (κ1) is 15.8. The lowest BCUT2D eigenvalue weighted by atomic mass is 10.1. The van der Waals surface area contributed by atoms with Crippen molar-refractivity contribution < 1.29 is 22.4 Å². The van der Waals surface area contributed by atoms with E-state index in [1.165, 1.54) is 0 Å². The molecule has 112 valence electrons. The van der Waals surface area contributed by atoms with Gasteiger partial charge in [-0.3, -0.25) is 4.79 Å². The lowest BCUT2D eigenvalue weighted by molar-refractivity contribution is -0.140. The van der Waals surface area contributed by atoms with Gasteiger partial charge >= 0.3 is 6.18 Å². The molecule has 0 atom stereocenters. The molecule has 1 aliphatic heterocycles. The van der Waals surface area contributed by atoms with Crippen LogP contribution in [0.4, 0.5) is 17.6 Å². The molecule has 0 aliphatic carbocycles. The Labute approximate surface area is 125 Å². The predicted molar refractivity (Wildman–Crippen MR) is 72.0 cm³/mol. The van der Waals surface area contributed by atoms with E-state index in [9.17, 15) is 22.4 Å². The van der Waals surface area contributed by atoms with Gasteiger partial charge in [0.25, 0.3) is 0 Å². The fraction of sp³-hybridized carbons (Fsp3) is 0.182. The summed E-state index contributed by atoms with van der Waals surface area (Å²) in [5, 5.41) is 9.11. The third-order valence-corrected chi connectivity index (χ3v) is 3.44. The molecule has 10 heteroatoms. The number of hydrogen-bond acceptors (Lipinski definition) is 4. The molecule has 1 heterocycles. The summed E-state index contributed by atoms with van der Waals surface area (Å²) in [5.74, 6) is -1.57. The maximum atomic E-state index is 13.3. The molecule has 1 amide bonds. The summed E-state index contributed by atoms with van der Waals surface area (Å²) in [6.07, 6.45) is -3.88. The quantitative estimate of drug-likeness (QED) is 0.511. The second kappa shape index (κ2) is 6.02. The summed E-state index contributed by atoms with van der Waals surface area (Å²) in [4.78, 5) is 10.9. The van der Waals surface area contributed by atoms with Gasteiger partial charge < -0.3 is 5.32 Å². The van der Waals surface area contributed by atoms with Crippen molar-refractivity contribution in [2.24, 2.45) is 10.2 Å². The number of carbonyl (C=O) groups is 1. The van der Waals surface area contributed by atoms with Crippen LogP contribution in [0, 0.1) is 5.82 Å². The highest BCUT2D eigenvalue weighted by atomic mass is 35.5. The molecule has 0 unspecified atom stereocenters. The van der Waals surface area contributed by atoms with Gasteiger partial charge in [-0.25, -0.2) is 4.39 Å². The average Bonchev–Trinajstić information content (AvgIpc) is 2.78. The Morgan fingerprint density at radius 1 is 1.38 bits per heavy atom. The average molecular weight is 340 g/mol. The lowest BCUT2D eigenvalue weighted by Gasteiger charge is -2.09. The number of hydrogen-bond donors (Lipinski definition) is 1. The van der Waals surface area contributed by atoms with Crippen molar-refractivity contribution in [2.45, 2.75) is 6.18 Å². The van der Waals surface area contributed by atoms with Gasteiger partial charge in [0.2, 0.25) is 5.91 Å². The van der Waals surface area contributed by atoms with Gasteiger partial charge in [-0.2, -0.15) is 18.3 Å². The van der Waals surface area contributed by atoms with Crippen LogP contribution in [0.1, 0.15) is 11.1 Å². The van der Waals surface area contributed by atoms with E-state index in [1.807, 2.05) is 0 Å². The number of carbonyl (C=O) groups excluding carboxylic acids is 1. The zero-order valence-corrected chi connectivity index (χ0v) is 11.6. The fourth-order valence-corrected chi connectivity index (χ4v) is 2.28. The largest absolute Gasteiger partial charge is 0.419 e. The van der Waals surface area contributed by atoms with Crippen LogP contribution in [0.3, 0.4) is 0 Å². The Kier molecular flexibility index (Phi) is 4.52. The van der Waals surface area contributed by atoms with Gasteiger partial charge in [0.1, 0.15) is 0 Å². The number of nitrogens with one attached hydrogen (secondary N) is 1. The van der Waals surface area contributed by atoms with Gasteiger partial charge in [-0.05, 0) is 17.7 Å². The van der Waals surface area contributed by atoms with Crippen LogP contribution < -0.4 is 5.32 Å². The van der Waals surface area contributed by atoms with E-state index in [0.717, 1.165) is 24.0 Å². The maximum Gasteiger partial charge on any atom is 0.419 e. The van der Waals surface area contributed by atoms with E-state index < -0.39 is 22.6 Å². The smallest absolute Gasteiger partial charge is 0.303 e. The molecule has 0 spiro atoms. The highest BCUT2D eigenvalue weighted by molar-refractivity contribution is 8.15. The Bertz CT molecular complexity index is 645. The van der Waals surface area contributed by atoms with Crippen molar-refractivity contribution in [3.05, 3.63) is 34.1 Å². The number of nitrogens with zero attached hydrogens (tertiary/aromatic N) is 2. The molecule has 0 aromatic heterocycles. The molecule has 2 rings (SSSR count). The number of thioether (sulfide) groups is 1. The Morgan fingerprint density at radius 3 is 2.67 bits per heavy atom. The number of amidine groups is 1. The number of amides is 1. The monoisotopic (exact) mass is 339 g/mol. The molecule has 21 heavy (non-hydrogen) atoms. The van der Waals surface area contributed by atoms with E-state index >= 15 is 0 Å². The standard InChI is InChI=1S/C11H6ClF4N3OS/c12-7-2-5(1-6(9(7)13)11(14,15)16)3-17-19-10-18-8(20)4-21-10/h1-3H,4H2,(H,18,19,20). The van der Waals surface area contributed by atoms with E-state index in [2.05, 4.69) is 15.5 Å². The summed E-state index contributed by atoms with van der Waals surface area (Å²) in [6, 6.07) is 1.57. The molecular formula is C11H6ClF4N3OS. The number of benzene rings is 1. The molecule has 0 radical (unpaired) electrons. The van der Waals surface area contributed by atoms with Gasteiger partial charge in [-0.1, -0.05) is 23.4 Å². The van der Waals surface area contributed by atoms with Crippen LogP contribution in [0.2, 0.25) is 5.02 Å². The van der Waals surface area contributed by atoms with Crippen LogP contribution in [-0.2, 0) is 11.0 Å². The molecule has 1 fully saturated rings. The van der Waals surface area contributed by atoms with Crippen molar-refractivity contribution >= 4 is 40.7 Å². The van der Waals surface area contributed by atoms with Gasteiger partial charge in [0.15, 0.2) is 11.0 Å². The normalized spacial score (nSPS) is 17.8. The second-order valence-electron chi connectivity index (χ2n) is 3.85. The number of alkyl halides is 3. The van der Waals surface area contributed by atoms with Gasteiger partial charge in [-0.15, -0.1) is 5.10 Å². The molecule has 1 aromatic carbocycles. The summed E-state index contributed by atoms with van der Waals surface area (Å²) in [7, 11) is 0. The minimum Gasteiger partial charge on any atom is -0.303 e. The van der Waals surface area contributed by atoms with Crippen molar-refractivity contribution in [1.29, 1.82) is 0 Å². The molecule has 4 nitrogen and oxygen atoms in total. The first-order chi connectivity index (χ1) is 9.77. The molecule has 1 saturated heterocycles. The maximum absolute atomic E-state index is 13.3. The molecule has 0 saturated carbocycles. The summed E-state index contributed by atoms with van der Waals surface area (Å²) >= 11 is 6.52. The Hall–Kier alpha value is -1.61. The summed E-state index contributed by atoms with van der Waals surface area (Å²) < 4.78 is 51.1. The van der Waals surface area contributed by atoms with Crippen molar-refractivity contribution in [3.8, 4) is 0 Å². The number of halogens is 5. The summed E-state index contributed by atoms with van der Waals surface area (Å²) in [6.45, 7) is 0. The third kappa shape index (κ3) is 3.94. The minimum atomic E-state index is -4.86. The minimum absolute atomic E-state index is 0.0626. The van der Waals surface area contributed by atoms with Crippen molar-refractivity contribution in [1.82, 2.24) is 5.32 Å². The van der Waals surface area contributed by atoms with Gasteiger partial charge in [0, 0.05) is 0 Å². The Balaban J connectivity index is 2.25. The summed E-state index contributed by atoms with van der Waals surface area (Å²) in [5.41, 5.74) is -1.54. The van der Waals surface area contributed by atoms with E-state index in [-0.39, 0.29) is 22.4 Å². The lowest BCUT2D eigenvalue weighted by Crippen LogP contribution is -2.19. The van der Waals surface area contributed by atoms with Gasteiger partial charge in [0.05, 0.1) is 22.6 Å². The van der Waals surface area contributed by atoms with Crippen molar-refractivity contribution in [3.63, 3.8) is 0 Å². The Morgan fingerprint density at radius 2 is 2.10 bits per heavy atom. The van der Waals surface area contributed by atoms with Crippen LogP contribution in [0.15, 0.2) is 22.3 Å². The topological polar surface area (TPSA) is 53.8 Å². The van der Waals surface area contributed by atoms with Crippen molar-refractivity contribution in [2.75, 3.05) is 5.75 Å². The fourth-order valence-electron chi connectivity index (χ4n) is 1.42. The molecule has 1 aromatic rings. The highest BCUT2D eigenvalue weighted by Crippen LogP contribution is 2.34. The number of rotatable bonds is 2. The van der Waals surface area contributed by atoms with Crippen LogP contribution in [0.25, 0.3) is 0 Å². The molecule has 1 aliphatic rings. The SMILES string of the molecule is O=C1CSC(=NN=Cc2cc(Cl)c(F)c(C(F)(F)F)c2)N1. The predicted octanol–water partition coefficient (Wildman–Crippen LogP) is 3.05. The molecular weight excluding hydrogens is 334 g/mol. The second-order valence-corrected chi connectivity index (χ2v) is 5.22. The first-order valence-corrected chi connectivity index (χ1v) is 6.73. The molecule has 0 bridgehead atoms. The third-order valence-electron chi connectivity index (χ3n) is 2.30.